The van der Waals surface area contributed by atoms with Gasteiger partial charge < -0.3 is 0 Å². The van der Waals surface area contributed by atoms with Crippen LogP contribution in [0.4, 0.5) is 11.4 Å². The molecule has 6 heteroatoms. The van der Waals surface area contributed by atoms with E-state index in [2.05, 4.69) is 10.2 Å². The monoisotopic (exact) mass is 275 g/mol. The van der Waals surface area contributed by atoms with Gasteiger partial charge in [-0.05, 0) is 43.3 Å². The molecule has 0 unspecified atom stereocenters. The molecule has 0 aromatic heterocycles. The molecule has 2 aromatic rings. The summed E-state index contributed by atoms with van der Waals surface area (Å²) < 4.78 is 22.2. The predicted molar refractivity (Wildman–Crippen MR) is 73.2 cm³/mol. The Balaban J connectivity index is 2.18. The first-order valence-corrected chi connectivity index (χ1v) is 7.11. The molecule has 0 fully saturated rings. The Hall–Kier alpha value is -2.05. The number of nitrogens with zero attached hydrogens (tertiary/aromatic N) is 2. The van der Waals surface area contributed by atoms with E-state index in [1.54, 1.807) is 12.1 Å². The van der Waals surface area contributed by atoms with Gasteiger partial charge in [-0.3, -0.25) is 0 Å². The summed E-state index contributed by atoms with van der Waals surface area (Å²) >= 11 is 0. The van der Waals surface area contributed by atoms with Gasteiger partial charge in [0.05, 0.1) is 16.3 Å². The van der Waals surface area contributed by atoms with Crippen LogP contribution in [-0.4, -0.2) is 8.42 Å². The highest BCUT2D eigenvalue weighted by molar-refractivity contribution is 7.89. The Morgan fingerprint density at radius 3 is 1.68 bits per heavy atom. The first-order chi connectivity index (χ1) is 8.95. The fourth-order valence-corrected chi connectivity index (χ4v) is 1.94. The van der Waals surface area contributed by atoms with Crippen LogP contribution in [0.3, 0.4) is 0 Å². The smallest absolute Gasteiger partial charge is 0.225 e. The summed E-state index contributed by atoms with van der Waals surface area (Å²) in [6.07, 6.45) is 0. The molecule has 0 aliphatic carbocycles. The third kappa shape index (κ3) is 3.70. The summed E-state index contributed by atoms with van der Waals surface area (Å²) in [4.78, 5) is 0.0572. The average Bonchev–Trinajstić information content (AvgIpc) is 2.37. The molecule has 98 valence electrons. The van der Waals surface area contributed by atoms with E-state index < -0.39 is 10.0 Å². The maximum atomic E-state index is 11.1. The van der Waals surface area contributed by atoms with Crippen molar-refractivity contribution in [1.82, 2.24) is 0 Å². The second-order valence-electron chi connectivity index (χ2n) is 4.07. The molecule has 2 aromatic carbocycles. The standard InChI is InChI=1S/C13H13N3O2S/c1-10-2-4-11(5-3-10)15-16-12-6-8-13(9-7-12)19(14,17)18/h2-9H,1H3,(H2,14,17,18). The molecule has 0 aliphatic heterocycles. The lowest BCUT2D eigenvalue weighted by atomic mass is 10.2. The molecule has 5 nitrogen and oxygen atoms in total. The number of hydrogen-bond donors (Lipinski definition) is 1. The Morgan fingerprint density at radius 1 is 0.842 bits per heavy atom. The van der Waals surface area contributed by atoms with E-state index in [0.717, 1.165) is 11.3 Å². The van der Waals surface area contributed by atoms with E-state index in [4.69, 9.17) is 5.14 Å². The van der Waals surface area contributed by atoms with E-state index in [1.165, 1.54) is 12.1 Å². The number of benzene rings is 2. The van der Waals surface area contributed by atoms with Gasteiger partial charge in [0, 0.05) is 0 Å². The largest absolute Gasteiger partial charge is 0.238 e. The topological polar surface area (TPSA) is 84.9 Å². The maximum absolute atomic E-state index is 11.1. The van der Waals surface area contributed by atoms with Crippen molar-refractivity contribution < 1.29 is 8.42 Å². The highest BCUT2D eigenvalue weighted by Crippen LogP contribution is 2.19. The van der Waals surface area contributed by atoms with Crippen LogP contribution in [0.5, 0.6) is 0 Å². The molecule has 2 rings (SSSR count). The van der Waals surface area contributed by atoms with Crippen LogP contribution in [0.1, 0.15) is 5.56 Å². The number of primary sulfonamides is 1. The second kappa shape index (κ2) is 5.29. The van der Waals surface area contributed by atoms with Crippen LogP contribution in [0, 0.1) is 6.92 Å². The third-order valence-corrected chi connectivity index (χ3v) is 3.41. The molecule has 0 amide bonds. The van der Waals surface area contributed by atoms with Crippen LogP contribution in [0.2, 0.25) is 0 Å². The summed E-state index contributed by atoms with van der Waals surface area (Å²) in [6, 6.07) is 13.5. The predicted octanol–water partition coefficient (Wildman–Crippen LogP) is 3.06. The Kier molecular flexibility index (Phi) is 3.73. The van der Waals surface area contributed by atoms with Crippen molar-refractivity contribution >= 4 is 21.4 Å². The molecule has 0 aliphatic rings. The van der Waals surface area contributed by atoms with Crippen molar-refractivity contribution in [2.45, 2.75) is 11.8 Å². The average molecular weight is 275 g/mol. The lowest BCUT2D eigenvalue weighted by molar-refractivity contribution is 0.598. The van der Waals surface area contributed by atoms with Gasteiger partial charge in [-0.2, -0.15) is 10.2 Å². The molecule has 0 heterocycles. The molecule has 0 radical (unpaired) electrons. The second-order valence-corrected chi connectivity index (χ2v) is 5.64. The highest BCUT2D eigenvalue weighted by atomic mass is 32.2. The number of sulfonamides is 1. The van der Waals surface area contributed by atoms with Gasteiger partial charge >= 0.3 is 0 Å². The molecule has 2 N–H and O–H groups in total. The molecule has 19 heavy (non-hydrogen) atoms. The van der Waals surface area contributed by atoms with E-state index in [1.807, 2.05) is 31.2 Å². The van der Waals surface area contributed by atoms with E-state index in [-0.39, 0.29) is 4.90 Å². The summed E-state index contributed by atoms with van der Waals surface area (Å²) in [7, 11) is -3.66. The Labute approximate surface area is 111 Å². The van der Waals surface area contributed by atoms with Gasteiger partial charge in [0.25, 0.3) is 0 Å². The normalized spacial score (nSPS) is 11.9. The minimum atomic E-state index is -3.66. The number of rotatable bonds is 3. The van der Waals surface area contributed by atoms with Gasteiger partial charge in [0.15, 0.2) is 0 Å². The summed E-state index contributed by atoms with van der Waals surface area (Å²) in [5.41, 5.74) is 2.45. The van der Waals surface area contributed by atoms with Crippen LogP contribution in [-0.2, 0) is 10.0 Å². The van der Waals surface area contributed by atoms with E-state index >= 15 is 0 Å². The molecule has 0 saturated carbocycles. The van der Waals surface area contributed by atoms with Crippen LogP contribution in [0.25, 0.3) is 0 Å². The number of aryl methyl sites for hydroxylation is 1. The summed E-state index contributed by atoms with van der Waals surface area (Å²) in [5, 5.41) is 13.1. The third-order valence-electron chi connectivity index (χ3n) is 2.48. The Morgan fingerprint density at radius 2 is 1.26 bits per heavy atom. The SMILES string of the molecule is Cc1ccc(N=Nc2ccc(S(N)(=O)=O)cc2)cc1. The van der Waals surface area contributed by atoms with Crippen molar-refractivity contribution in [1.29, 1.82) is 0 Å². The van der Waals surface area contributed by atoms with Gasteiger partial charge in [-0.25, -0.2) is 13.6 Å². The van der Waals surface area contributed by atoms with E-state index in [9.17, 15) is 8.42 Å². The van der Waals surface area contributed by atoms with Gasteiger partial charge in [0.1, 0.15) is 0 Å². The fourth-order valence-electron chi connectivity index (χ4n) is 1.43. The Bertz CT molecular complexity index is 690. The van der Waals surface area contributed by atoms with Crippen molar-refractivity contribution in [2.24, 2.45) is 15.4 Å². The van der Waals surface area contributed by atoms with Crippen molar-refractivity contribution in [3.63, 3.8) is 0 Å². The highest BCUT2D eigenvalue weighted by Gasteiger charge is 2.06. The minimum Gasteiger partial charge on any atom is -0.225 e. The van der Waals surface area contributed by atoms with Gasteiger partial charge in [-0.15, -0.1) is 0 Å². The van der Waals surface area contributed by atoms with Crippen molar-refractivity contribution in [2.75, 3.05) is 0 Å². The van der Waals surface area contributed by atoms with Crippen molar-refractivity contribution in [3.8, 4) is 0 Å². The molecular formula is C13H13N3O2S. The quantitative estimate of drug-likeness (QED) is 0.873. The first kappa shape index (κ1) is 13.4. The van der Waals surface area contributed by atoms with E-state index in [0.29, 0.717) is 5.69 Å². The van der Waals surface area contributed by atoms with Gasteiger partial charge in [-0.1, -0.05) is 17.7 Å². The number of hydrogen-bond acceptors (Lipinski definition) is 4. The zero-order valence-corrected chi connectivity index (χ0v) is 11.1. The van der Waals surface area contributed by atoms with Crippen LogP contribution >= 0.6 is 0 Å². The fraction of sp³-hybridized carbons (Fsp3) is 0.0769. The molecular weight excluding hydrogens is 262 g/mol. The summed E-state index contributed by atoms with van der Waals surface area (Å²) in [6.45, 7) is 1.99. The summed E-state index contributed by atoms with van der Waals surface area (Å²) in [5.74, 6) is 0. The zero-order valence-electron chi connectivity index (χ0n) is 10.3. The molecule has 0 bridgehead atoms. The minimum absolute atomic E-state index is 0.0572. The molecule has 0 spiro atoms. The lowest BCUT2D eigenvalue weighted by Gasteiger charge is -1.98. The van der Waals surface area contributed by atoms with Crippen molar-refractivity contribution in [3.05, 3.63) is 54.1 Å². The van der Waals surface area contributed by atoms with Crippen LogP contribution in [0.15, 0.2) is 63.7 Å². The zero-order chi connectivity index (χ0) is 13.9. The number of azo groups is 1. The maximum Gasteiger partial charge on any atom is 0.238 e. The first-order valence-electron chi connectivity index (χ1n) is 5.56. The number of nitrogens with two attached hydrogens (primary N) is 1. The lowest BCUT2D eigenvalue weighted by Crippen LogP contribution is -2.11. The molecule has 0 saturated heterocycles. The molecule has 0 atom stereocenters. The van der Waals surface area contributed by atoms with Crippen LogP contribution < -0.4 is 5.14 Å². The van der Waals surface area contributed by atoms with Gasteiger partial charge in [0.2, 0.25) is 10.0 Å².